The van der Waals surface area contributed by atoms with E-state index >= 15 is 0 Å². The highest BCUT2D eigenvalue weighted by Gasteiger charge is 2.10. The number of ether oxygens (including phenoxy) is 1. The molecular formula is C13H15ClO3. The lowest BCUT2D eigenvalue weighted by Gasteiger charge is -2.03. The van der Waals surface area contributed by atoms with Gasteiger partial charge < -0.3 is 4.74 Å². The van der Waals surface area contributed by atoms with Gasteiger partial charge in [0.25, 0.3) is 0 Å². The molecule has 0 aliphatic heterocycles. The third-order valence-corrected chi connectivity index (χ3v) is 2.59. The molecule has 1 aromatic carbocycles. The number of carbonyl (C=O) groups is 2. The molecule has 0 unspecified atom stereocenters. The van der Waals surface area contributed by atoms with E-state index in [-0.39, 0.29) is 18.2 Å². The summed E-state index contributed by atoms with van der Waals surface area (Å²) in [5.41, 5.74) is 0.512. The van der Waals surface area contributed by atoms with Gasteiger partial charge in [0.1, 0.15) is 0 Å². The van der Waals surface area contributed by atoms with Gasteiger partial charge in [-0.1, -0.05) is 23.7 Å². The highest BCUT2D eigenvalue weighted by Crippen LogP contribution is 2.17. The Hall–Kier alpha value is -1.35. The maximum Gasteiger partial charge on any atom is 0.305 e. The van der Waals surface area contributed by atoms with Gasteiger partial charge in [-0.15, -0.1) is 0 Å². The fraction of sp³-hybridized carbons (Fsp3) is 0.385. The Kier molecular flexibility index (Phi) is 5.70. The zero-order valence-corrected chi connectivity index (χ0v) is 10.5. The van der Waals surface area contributed by atoms with Crippen LogP contribution in [0.5, 0.6) is 0 Å². The number of hydrogen-bond acceptors (Lipinski definition) is 3. The van der Waals surface area contributed by atoms with Gasteiger partial charge in [-0.3, -0.25) is 9.59 Å². The van der Waals surface area contributed by atoms with Gasteiger partial charge >= 0.3 is 5.97 Å². The van der Waals surface area contributed by atoms with Gasteiger partial charge in [0.2, 0.25) is 0 Å². The maximum absolute atomic E-state index is 11.8. The minimum atomic E-state index is -0.264. The summed E-state index contributed by atoms with van der Waals surface area (Å²) in [5.74, 6) is -0.306. The molecule has 1 rings (SSSR count). The van der Waals surface area contributed by atoms with E-state index in [9.17, 15) is 9.59 Å². The van der Waals surface area contributed by atoms with Crippen molar-refractivity contribution in [3.8, 4) is 0 Å². The monoisotopic (exact) mass is 254 g/mol. The van der Waals surface area contributed by atoms with Gasteiger partial charge in [-0.25, -0.2) is 0 Å². The van der Waals surface area contributed by atoms with Crippen molar-refractivity contribution in [3.63, 3.8) is 0 Å². The minimum absolute atomic E-state index is 0.0418. The molecule has 0 spiro atoms. The number of halogens is 1. The van der Waals surface area contributed by atoms with Crippen molar-refractivity contribution in [3.05, 3.63) is 34.9 Å². The van der Waals surface area contributed by atoms with Crippen LogP contribution in [0.4, 0.5) is 0 Å². The lowest BCUT2D eigenvalue weighted by molar-refractivity contribution is -0.143. The van der Waals surface area contributed by atoms with E-state index in [2.05, 4.69) is 0 Å². The normalized spacial score (nSPS) is 10.0. The summed E-state index contributed by atoms with van der Waals surface area (Å²) in [4.78, 5) is 22.8. The van der Waals surface area contributed by atoms with Gasteiger partial charge in [0.15, 0.2) is 5.78 Å². The summed E-state index contributed by atoms with van der Waals surface area (Å²) in [7, 11) is 0. The quantitative estimate of drug-likeness (QED) is 0.578. The summed E-state index contributed by atoms with van der Waals surface area (Å²) < 4.78 is 4.78. The second kappa shape index (κ2) is 7.07. The molecule has 0 N–H and O–H groups in total. The van der Waals surface area contributed by atoms with E-state index in [4.69, 9.17) is 16.3 Å². The van der Waals surface area contributed by atoms with E-state index in [0.717, 1.165) is 0 Å². The number of Topliss-reactive ketones (excluding diaryl/α,β-unsaturated/α-hetero) is 1. The Bertz CT molecular complexity index is 401. The van der Waals surface area contributed by atoms with Crippen LogP contribution in [0.1, 0.15) is 36.5 Å². The number of carbonyl (C=O) groups excluding carboxylic acids is 2. The van der Waals surface area contributed by atoms with Crippen molar-refractivity contribution in [1.29, 1.82) is 0 Å². The molecule has 17 heavy (non-hydrogen) atoms. The smallest absolute Gasteiger partial charge is 0.305 e. The van der Waals surface area contributed by atoms with Crippen LogP contribution in [0.25, 0.3) is 0 Å². The number of ketones is 1. The predicted molar refractivity (Wildman–Crippen MR) is 66.3 cm³/mol. The average Bonchev–Trinajstić information content (AvgIpc) is 2.29. The standard InChI is InChI=1S/C13H15ClO3/c1-2-17-13(16)9-5-8-12(15)10-6-3-4-7-11(10)14/h3-4,6-7H,2,5,8-9H2,1H3. The first-order valence-electron chi connectivity index (χ1n) is 5.58. The predicted octanol–water partition coefficient (Wildman–Crippen LogP) is 3.26. The molecule has 0 saturated heterocycles. The summed E-state index contributed by atoms with van der Waals surface area (Å²) in [6, 6.07) is 6.91. The van der Waals surface area contributed by atoms with Gasteiger partial charge in [0, 0.05) is 18.4 Å². The van der Waals surface area contributed by atoms with Crippen molar-refractivity contribution in [2.24, 2.45) is 0 Å². The average molecular weight is 255 g/mol. The molecule has 0 heterocycles. The van der Waals surface area contributed by atoms with E-state index in [0.29, 0.717) is 30.0 Å². The van der Waals surface area contributed by atoms with Crippen molar-refractivity contribution in [1.82, 2.24) is 0 Å². The summed E-state index contributed by atoms with van der Waals surface area (Å²) in [5, 5.41) is 0.452. The van der Waals surface area contributed by atoms with Gasteiger partial charge in [0.05, 0.1) is 11.6 Å². The SMILES string of the molecule is CCOC(=O)CCCC(=O)c1ccccc1Cl. The largest absolute Gasteiger partial charge is 0.466 e. The lowest BCUT2D eigenvalue weighted by Crippen LogP contribution is -2.06. The van der Waals surface area contributed by atoms with Crippen LogP contribution in [0.3, 0.4) is 0 Å². The van der Waals surface area contributed by atoms with Crippen molar-refractivity contribution < 1.29 is 14.3 Å². The van der Waals surface area contributed by atoms with Crippen LogP contribution in [0.15, 0.2) is 24.3 Å². The zero-order chi connectivity index (χ0) is 12.7. The molecule has 92 valence electrons. The fourth-order valence-corrected chi connectivity index (χ4v) is 1.69. The molecule has 0 radical (unpaired) electrons. The molecule has 1 aromatic rings. The summed E-state index contributed by atoms with van der Waals surface area (Å²) in [6.45, 7) is 2.13. The van der Waals surface area contributed by atoms with E-state index in [1.807, 2.05) is 0 Å². The second-order valence-corrected chi connectivity index (χ2v) is 3.97. The Labute approximate surface area is 106 Å². The second-order valence-electron chi connectivity index (χ2n) is 3.56. The first kappa shape index (κ1) is 13.7. The van der Waals surface area contributed by atoms with E-state index in [1.54, 1.807) is 31.2 Å². The highest BCUT2D eigenvalue weighted by molar-refractivity contribution is 6.33. The number of rotatable bonds is 6. The minimum Gasteiger partial charge on any atom is -0.466 e. The molecule has 4 heteroatoms. The van der Waals surface area contributed by atoms with Gasteiger partial charge in [-0.05, 0) is 25.5 Å². The summed E-state index contributed by atoms with van der Waals surface area (Å²) >= 11 is 5.90. The maximum atomic E-state index is 11.8. The zero-order valence-electron chi connectivity index (χ0n) is 9.74. The van der Waals surface area contributed by atoms with Crippen LogP contribution in [-0.2, 0) is 9.53 Å². The molecule has 3 nitrogen and oxygen atoms in total. The third-order valence-electron chi connectivity index (χ3n) is 2.26. The van der Waals surface area contributed by atoms with Crippen LogP contribution in [-0.4, -0.2) is 18.4 Å². The number of benzene rings is 1. The Morgan fingerprint density at radius 2 is 1.94 bits per heavy atom. The van der Waals surface area contributed by atoms with E-state index in [1.165, 1.54) is 0 Å². The molecule has 0 saturated carbocycles. The molecule has 0 aliphatic carbocycles. The van der Waals surface area contributed by atoms with Crippen molar-refractivity contribution in [2.45, 2.75) is 26.2 Å². The third kappa shape index (κ3) is 4.57. The van der Waals surface area contributed by atoms with Crippen molar-refractivity contribution in [2.75, 3.05) is 6.61 Å². The van der Waals surface area contributed by atoms with Gasteiger partial charge in [-0.2, -0.15) is 0 Å². The molecular weight excluding hydrogens is 240 g/mol. The van der Waals surface area contributed by atoms with E-state index < -0.39 is 0 Å². The Balaban J connectivity index is 2.41. The molecule has 0 aromatic heterocycles. The van der Waals surface area contributed by atoms with Crippen LogP contribution >= 0.6 is 11.6 Å². The molecule has 0 atom stereocenters. The number of hydrogen-bond donors (Lipinski definition) is 0. The fourth-order valence-electron chi connectivity index (χ4n) is 1.45. The molecule has 0 bridgehead atoms. The highest BCUT2D eigenvalue weighted by atomic mass is 35.5. The first-order valence-corrected chi connectivity index (χ1v) is 5.96. The Morgan fingerprint density at radius 3 is 2.59 bits per heavy atom. The molecule has 0 amide bonds. The molecule has 0 aliphatic rings. The molecule has 0 fully saturated rings. The van der Waals surface area contributed by atoms with Crippen LogP contribution in [0, 0.1) is 0 Å². The number of esters is 1. The Morgan fingerprint density at radius 1 is 1.24 bits per heavy atom. The topological polar surface area (TPSA) is 43.4 Å². The first-order chi connectivity index (χ1) is 8.15. The van der Waals surface area contributed by atoms with Crippen molar-refractivity contribution >= 4 is 23.4 Å². The lowest BCUT2D eigenvalue weighted by atomic mass is 10.1. The summed E-state index contributed by atoms with van der Waals surface area (Å²) in [6.07, 6.45) is 1.06. The van der Waals surface area contributed by atoms with Crippen LogP contribution < -0.4 is 0 Å². The van der Waals surface area contributed by atoms with Crippen LogP contribution in [0.2, 0.25) is 5.02 Å².